The first-order chi connectivity index (χ1) is 15.0. The molecule has 0 saturated heterocycles. The number of furan rings is 1. The molecule has 0 aliphatic heterocycles. The summed E-state index contributed by atoms with van der Waals surface area (Å²) in [7, 11) is 0. The van der Waals surface area contributed by atoms with Gasteiger partial charge in [-0.1, -0.05) is 11.3 Å². The standard InChI is InChI=1S/C21H15FN6O2S/c1-11(29)23-13-6-4-12(5-7-13)20-27-28-21(31-20)26-15-10-17-16(9-14(15)22)24-19(25-17)18-3-2-8-30-18/h2-10H,1H3,(H,23,29)(H,24,25)(H,26,28). The molecule has 0 spiro atoms. The Hall–Kier alpha value is -4.05. The van der Waals surface area contributed by atoms with Crippen molar-refractivity contribution in [2.75, 3.05) is 10.6 Å². The number of halogens is 1. The smallest absolute Gasteiger partial charge is 0.221 e. The molecule has 5 rings (SSSR count). The fourth-order valence-electron chi connectivity index (χ4n) is 3.06. The summed E-state index contributed by atoms with van der Waals surface area (Å²) in [5, 5.41) is 15.1. The molecule has 0 unspecified atom stereocenters. The van der Waals surface area contributed by atoms with Crippen LogP contribution in [0.1, 0.15) is 6.92 Å². The van der Waals surface area contributed by atoms with Gasteiger partial charge in [-0.3, -0.25) is 4.79 Å². The Morgan fingerprint density at radius 3 is 2.74 bits per heavy atom. The predicted octanol–water partition coefficient (Wildman–Crippen LogP) is 5.18. The van der Waals surface area contributed by atoms with E-state index in [-0.39, 0.29) is 11.6 Å². The maximum absolute atomic E-state index is 14.6. The van der Waals surface area contributed by atoms with Gasteiger partial charge in [0, 0.05) is 24.2 Å². The Balaban J connectivity index is 1.38. The molecule has 3 aromatic heterocycles. The highest BCUT2D eigenvalue weighted by molar-refractivity contribution is 7.18. The first-order valence-corrected chi connectivity index (χ1v) is 10.1. The molecule has 0 aliphatic rings. The van der Waals surface area contributed by atoms with Crippen molar-refractivity contribution < 1.29 is 13.6 Å². The highest BCUT2D eigenvalue weighted by Gasteiger charge is 2.14. The van der Waals surface area contributed by atoms with Crippen molar-refractivity contribution >= 4 is 44.8 Å². The molecule has 5 aromatic rings. The van der Waals surface area contributed by atoms with Crippen LogP contribution in [0, 0.1) is 5.82 Å². The molecule has 0 fully saturated rings. The highest BCUT2D eigenvalue weighted by atomic mass is 32.1. The highest BCUT2D eigenvalue weighted by Crippen LogP contribution is 2.31. The molecule has 0 bridgehead atoms. The number of hydrogen-bond donors (Lipinski definition) is 3. The van der Waals surface area contributed by atoms with Crippen molar-refractivity contribution in [2.24, 2.45) is 0 Å². The number of carbonyl (C=O) groups is 1. The third-order valence-corrected chi connectivity index (χ3v) is 5.33. The number of imidazole rings is 1. The number of benzene rings is 2. The van der Waals surface area contributed by atoms with Crippen LogP contribution in [0.4, 0.5) is 20.9 Å². The van der Waals surface area contributed by atoms with Crippen molar-refractivity contribution in [2.45, 2.75) is 6.92 Å². The van der Waals surface area contributed by atoms with Gasteiger partial charge in [0.2, 0.25) is 11.0 Å². The number of nitrogens with zero attached hydrogens (tertiary/aromatic N) is 3. The molecule has 0 aliphatic carbocycles. The summed E-state index contributed by atoms with van der Waals surface area (Å²) in [6.07, 6.45) is 1.55. The van der Waals surface area contributed by atoms with Gasteiger partial charge in [-0.15, -0.1) is 10.2 Å². The lowest BCUT2D eigenvalue weighted by Gasteiger charge is -2.03. The van der Waals surface area contributed by atoms with E-state index in [9.17, 15) is 9.18 Å². The van der Waals surface area contributed by atoms with Gasteiger partial charge in [0.15, 0.2) is 11.6 Å². The van der Waals surface area contributed by atoms with Crippen LogP contribution in [-0.2, 0) is 4.79 Å². The summed E-state index contributed by atoms with van der Waals surface area (Å²) in [5.74, 6) is 0.506. The van der Waals surface area contributed by atoms with Gasteiger partial charge >= 0.3 is 0 Å². The number of aromatic amines is 1. The van der Waals surface area contributed by atoms with Crippen LogP contribution >= 0.6 is 11.3 Å². The zero-order chi connectivity index (χ0) is 21.4. The van der Waals surface area contributed by atoms with E-state index in [1.165, 1.54) is 24.3 Å². The van der Waals surface area contributed by atoms with E-state index in [2.05, 4.69) is 30.8 Å². The number of H-pyrrole nitrogens is 1. The van der Waals surface area contributed by atoms with Crippen molar-refractivity contribution in [1.82, 2.24) is 20.2 Å². The molecule has 3 heterocycles. The predicted molar refractivity (Wildman–Crippen MR) is 117 cm³/mol. The van der Waals surface area contributed by atoms with Crippen LogP contribution in [-0.4, -0.2) is 26.1 Å². The van der Waals surface area contributed by atoms with Crippen molar-refractivity contribution in [3.05, 3.63) is 60.6 Å². The number of fused-ring (bicyclic) bond motifs is 1. The lowest BCUT2D eigenvalue weighted by atomic mass is 10.2. The maximum atomic E-state index is 14.6. The Kier molecular flexibility index (Phi) is 4.68. The second-order valence-electron chi connectivity index (χ2n) is 6.71. The minimum absolute atomic E-state index is 0.136. The fraction of sp³-hybridized carbons (Fsp3) is 0.0476. The zero-order valence-electron chi connectivity index (χ0n) is 16.1. The van der Waals surface area contributed by atoms with Gasteiger partial charge in [0.25, 0.3) is 0 Å². The summed E-state index contributed by atoms with van der Waals surface area (Å²) in [4.78, 5) is 18.6. The zero-order valence-corrected chi connectivity index (χ0v) is 17.0. The van der Waals surface area contributed by atoms with E-state index in [0.717, 1.165) is 5.56 Å². The quantitative estimate of drug-likeness (QED) is 0.352. The minimum atomic E-state index is -0.457. The van der Waals surface area contributed by atoms with Crippen LogP contribution < -0.4 is 10.6 Å². The fourth-order valence-corrected chi connectivity index (χ4v) is 3.82. The Morgan fingerprint density at radius 1 is 1.16 bits per heavy atom. The average Bonchev–Trinajstić information content (AvgIpc) is 3.49. The first-order valence-electron chi connectivity index (χ1n) is 9.27. The Bertz CT molecular complexity index is 1380. The summed E-state index contributed by atoms with van der Waals surface area (Å²) < 4.78 is 20.0. The minimum Gasteiger partial charge on any atom is -0.461 e. The van der Waals surface area contributed by atoms with Gasteiger partial charge in [0.1, 0.15) is 10.8 Å². The van der Waals surface area contributed by atoms with Crippen LogP contribution in [0.15, 0.2) is 59.2 Å². The van der Waals surface area contributed by atoms with E-state index >= 15 is 0 Å². The van der Waals surface area contributed by atoms with Gasteiger partial charge in [-0.25, -0.2) is 9.37 Å². The van der Waals surface area contributed by atoms with E-state index in [0.29, 0.717) is 38.4 Å². The van der Waals surface area contributed by atoms with Crippen molar-refractivity contribution in [3.8, 4) is 22.2 Å². The molecular formula is C21H15FN6O2S. The summed E-state index contributed by atoms with van der Waals surface area (Å²) in [6, 6.07) is 13.8. The number of carbonyl (C=O) groups excluding carboxylic acids is 1. The lowest BCUT2D eigenvalue weighted by Crippen LogP contribution is -2.05. The number of aromatic nitrogens is 4. The maximum Gasteiger partial charge on any atom is 0.221 e. The Labute approximate surface area is 179 Å². The van der Waals surface area contributed by atoms with E-state index in [1.54, 1.807) is 36.6 Å². The number of nitrogens with one attached hydrogen (secondary N) is 3. The van der Waals surface area contributed by atoms with Crippen LogP contribution in [0.3, 0.4) is 0 Å². The summed E-state index contributed by atoms with van der Waals surface area (Å²) >= 11 is 1.29. The molecule has 154 valence electrons. The SMILES string of the molecule is CC(=O)Nc1ccc(-c2nnc(Nc3cc4[nH]c(-c5ccco5)nc4cc3F)s2)cc1. The molecular weight excluding hydrogens is 419 g/mol. The van der Waals surface area contributed by atoms with Gasteiger partial charge in [-0.05, 0) is 42.5 Å². The number of rotatable bonds is 5. The number of anilines is 3. The van der Waals surface area contributed by atoms with Crippen LogP contribution in [0.2, 0.25) is 0 Å². The van der Waals surface area contributed by atoms with Gasteiger partial charge in [-0.2, -0.15) is 0 Å². The first kappa shape index (κ1) is 18.9. The molecule has 0 saturated carbocycles. The molecule has 1 amide bonds. The lowest BCUT2D eigenvalue weighted by molar-refractivity contribution is -0.114. The normalized spacial score (nSPS) is 11.0. The van der Waals surface area contributed by atoms with Crippen molar-refractivity contribution in [3.63, 3.8) is 0 Å². The van der Waals surface area contributed by atoms with Crippen LogP contribution in [0.25, 0.3) is 33.2 Å². The second kappa shape index (κ2) is 7.65. The van der Waals surface area contributed by atoms with Crippen molar-refractivity contribution in [1.29, 1.82) is 0 Å². The molecule has 31 heavy (non-hydrogen) atoms. The molecule has 2 aromatic carbocycles. The third-order valence-electron chi connectivity index (χ3n) is 4.44. The van der Waals surface area contributed by atoms with Gasteiger partial charge < -0.3 is 20.0 Å². The Morgan fingerprint density at radius 2 is 2.00 bits per heavy atom. The topological polar surface area (TPSA) is 109 Å². The molecule has 0 radical (unpaired) electrons. The van der Waals surface area contributed by atoms with E-state index in [4.69, 9.17) is 4.42 Å². The molecule has 0 atom stereocenters. The average molecular weight is 434 g/mol. The molecule has 8 nitrogen and oxygen atoms in total. The van der Waals surface area contributed by atoms with E-state index < -0.39 is 5.82 Å². The molecule has 3 N–H and O–H groups in total. The largest absolute Gasteiger partial charge is 0.461 e. The molecule has 10 heteroatoms. The van der Waals surface area contributed by atoms with Crippen LogP contribution in [0.5, 0.6) is 0 Å². The third kappa shape index (κ3) is 3.88. The monoisotopic (exact) mass is 434 g/mol. The number of hydrogen-bond acceptors (Lipinski definition) is 7. The van der Waals surface area contributed by atoms with Gasteiger partial charge in [0.05, 0.1) is 23.0 Å². The number of amides is 1. The van der Waals surface area contributed by atoms with E-state index in [1.807, 2.05) is 12.1 Å². The summed E-state index contributed by atoms with van der Waals surface area (Å²) in [6.45, 7) is 1.45. The second-order valence-corrected chi connectivity index (χ2v) is 7.69. The summed E-state index contributed by atoms with van der Waals surface area (Å²) in [5.41, 5.74) is 2.95.